The Kier molecular flexibility index (Phi) is 6.41. The van der Waals surface area contributed by atoms with Gasteiger partial charge in [0.1, 0.15) is 0 Å². The van der Waals surface area contributed by atoms with E-state index in [1.54, 1.807) is 0 Å². The first kappa shape index (κ1) is 14.9. The van der Waals surface area contributed by atoms with E-state index in [9.17, 15) is 0 Å². The molecule has 1 aliphatic heterocycles. The van der Waals surface area contributed by atoms with E-state index in [-0.39, 0.29) is 12.7 Å². The van der Waals surface area contributed by atoms with Gasteiger partial charge in [0.25, 0.3) is 0 Å². The Morgan fingerprint density at radius 1 is 1.35 bits per heavy atom. The van der Waals surface area contributed by atoms with Gasteiger partial charge < -0.3 is 15.2 Å². The summed E-state index contributed by atoms with van der Waals surface area (Å²) in [6.07, 6.45) is 0.277. The van der Waals surface area contributed by atoms with Gasteiger partial charge in [-0.3, -0.25) is 4.90 Å². The quantitative estimate of drug-likeness (QED) is 0.722. The molecule has 4 heteroatoms. The van der Waals surface area contributed by atoms with Crippen LogP contribution in [0.2, 0.25) is 0 Å². The van der Waals surface area contributed by atoms with Gasteiger partial charge in [-0.05, 0) is 26.7 Å². The summed E-state index contributed by atoms with van der Waals surface area (Å²) in [7, 11) is 0. The fraction of sp³-hybridized carbons (Fsp3) is 1.00. The molecule has 0 aromatic rings. The Balaban J connectivity index is 2.27. The molecule has 1 rings (SSSR count). The Labute approximate surface area is 105 Å². The summed E-state index contributed by atoms with van der Waals surface area (Å²) in [6, 6.07) is 0.924. The molecule has 0 aromatic carbocycles. The molecule has 1 fully saturated rings. The summed E-state index contributed by atoms with van der Waals surface area (Å²) >= 11 is 0. The van der Waals surface area contributed by atoms with Crippen LogP contribution in [0.5, 0.6) is 0 Å². The number of aliphatic hydroxyl groups excluding tert-OH is 1. The second-order valence-corrected chi connectivity index (χ2v) is 5.44. The van der Waals surface area contributed by atoms with E-state index in [2.05, 4.69) is 37.9 Å². The van der Waals surface area contributed by atoms with Gasteiger partial charge in [-0.15, -0.1) is 0 Å². The Hall–Kier alpha value is -0.160. The van der Waals surface area contributed by atoms with Gasteiger partial charge in [-0.1, -0.05) is 6.92 Å². The maximum absolute atomic E-state index is 9.08. The van der Waals surface area contributed by atoms with E-state index >= 15 is 0 Å². The van der Waals surface area contributed by atoms with Crippen molar-refractivity contribution < 1.29 is 9.84 Å². The lowest BCUT2D eigenvalue weighted by Gasteiger charge is -2.36. The molecule has 1 saturated heterocycles. The molecule has 102 valence electrons. The lowest BCUT2D eigenvalue weighted by Crippen LogP contribution is -2.50. The summed E-state index contributed by atoms with van der Waals surface area (Å²) in [5.74, 6) is 0.291. The molecule has 0 saturated carbocycles. The molecule has 3 unspecified atom stereocenters. The number of aliphatic hydroxyl groups is 1. The molecular weight excluding hydrogens is 216 g/mol. The third-order valence-corrected chi connectivity index (χ3v) is 3.71. The highest BCUT2D eigenvalue weighted by Gasteiger charge is 2.22. The van der Waals surface area contributed by atoms with Crippen LogP contribution in [0.4, 0.5) is 0 Å². The second-order valence-electron chi connectivity index (χ2n) is 5.44. The molecule has 0 aliphatic carbocycles. The first-order chi connectivity index (χ1) is 8.04. The van der Waals surface area contributed by atoms with Crippen LogP contribution < -0.4 is 5.32 Å². The third kappa shape index (κ3) is 4.92. The first-order valence-electron chi connectivity index (χ1n) is 6.74. The summed E-state index contributed by atoms with van der Waals surface area (Å²) in [5.41, 5.74) is 0. The van der Waals surface area contributed by atoms with Crippen LogP contribution in [0.3, 0.4) is 0 Å². The lowest BCUT2D eigenvalue weighted by molar-refractivity contribution is -0.0387. The van der Waals surface area contributed by atoms with Gasteiger partial charge in [0.2, 0.25) is 0 Å². The summed E-state index contributed by atoms with van der Waals surface area (Å²) in [6.45, 7) is 12.6. The van der Waals surface area contributed by atoms with Crippen LogP contribution in [-0.2, 0) is 4.74 Å². The maximum Gasteiger partial charge on any atom is 0.0826 e. The first-order valence-corrected chi connectivity index (χ1v) is 6.74. The molecule has 0 bridgehead atoms. The maximum atomic E-state index is 9.08. The van der Waals surface area contributed by atoms with Crippen LogP contribution in [0.25, 0.3) is 0 Å². The Bertz CT molecular complexity index is 212. The summed E-state index contributed by atoms with van der Waals surface area (Å²) in [5, 5.41) is 12.5. The van der Waals surface area contributed by atoms with Gasteiger partial charge in [-0.2, -0.15) is 0 Å². The van der Waals surface area contributed by atoms with Crippen molar-refractivity contribution in [2.45, 2.75) is 45.9 Å². The molecule has 0 amide bonds. The van der Waals surface area contributed by atoms with Crippen LogP contribution in [0, 0.1) is 5.92 Å². The molecule has 0 radical (unpaired) electrons. The average Bonchev–Trinajstić information content (AvgIpc) is 2.35. The minimum atomic E-state index is 0.234. The SMILES string of the molecule is CC(CO)C(C)NCC1CN(C(C)C)CCO1. The number of hydrogen-bond donors (Lipinski definition) is 2. The minimum absolute atomic E-state index is 0.234. The summed E-state index contributed by atoms with van der Waals surface area (Å²) < 4.78 is 5.76. The van der Waals surface area contributed by atoms with Crippen molar-refractivity contribution in [3.05, 3.63) is 0 Å². The van der Waals surface area contributed by atoms with Crippen LogP contribution in [-0.4, -0.2) is 61.0 Å². The molecule has 0 spiro atoms. The smallest absolute Gasteiger partial charge is 0.0826 e. The normalized spacial score (nSPS) is 26.1. The molecule has 0 aromatic heterocycles. The van der Waals surface area contributed by atoms with Gasteiger partial charge in [0, 0.05) is 38.3 Å². The van der Waals surface area contributed by atoms with Crippen LogP contribution >= 0.6 is 0 Å². The third-order valence-electron chi connectivity index (χ3n) is 3.71. The van der Waals surface area contributed by atoms with Crippen molar-refractivity contribution in [3.63, 3.8) is 0 Å². The molecule has 17 heavy (non-hydrogen) atoms. The zero-order chi connectivity index (χ0) is 12.8. The zero-order valence-corrected chi connectivity index (χ0v) is 11.6. The topological polar surface area (TPSA) is 44.7 Å². The van der Waals surface area contributed by atoms with E-state index < -0.39 is 0 Å². The highest BCUT2D eigenvalue weighted by atomic mass is 16.5. The van der Waals surface area contributed by atoms with Crippen molar-refractivity contribution >= 4 is 0 Å². The molecule has 4 nitrogen and oxygen atoms in total. The largest absolute Gasteiger partial charge is 0.396 e. The summed E-state index contributed by atoms with van der Waals surface area (Å²) in [4.78, 5) is 2.45. The second kappa shape index (κ2) is 7.31. The van der Waals surface area contributed by atoms with Crippen molar-refractivity contribution in [1.82, 2.24) is 10.2 Å². The highest BCUT2D eigenvalue weighted by molar-refractivity contribution is 4.77. The Morgan fingerprint density at radius 3 is 2.65 bits per heavy atom. The number of ether oxygens (including phenoxy) is 1. The predicted octanol–water partition coefficient (Wildman–Crippen LogP) is 0.702. The van der Waals surface area contributed by atoms with Crippen molar-refractivity contribution in [2.75, 3.05) is 32.8 Å². The van der Waals surface area contributed by atoms with Gasteiger partial charge in [-0.25, -0.2) is 0 Å². The molecule has 1 heterocycles. The van der Waals surface area contributed by atoms with Crippen LogP contribution in [0.1, 0.15) is 27.7 Å². The fourth-order valence-electron chi connectivity index (χ4n) is 2.01. The molecule has 2 N–H and O–H groups in total. The Morgan fingerprint density at radius 2 is 2.06 bits per heavy atom. The van der Waals surface area contributed by atoms with E-state index in [1.165, 1.54) is 0 Å². The number of nitrogens with zero attached hydrogens (tertiary/aromatic N) is 1. The number of rotatable bonds is 6. The standard InChI is InChI=1S/C13H28N2O2/c1-10(2)15-5-6-17-13(8-15)7-14-12(4)11(3)9-16/h10-14,16H,5-9H2,1-4H3. The number of nitrogens with one attached hydrogen (secondary N) is 1. The van der Waals surface area contributed by atoms with Gasteiger partial charge in [0.05, 0.1) is 12.7 Å². The average molecular weight is 244 g/mol. The van der Waals surface area contributed by atoms with Crippen molar-refractivity contribution in [3.8, 4) is 0 Å². The predicted molar refractivity (Wildman–Crippen MR) is 70.2 cm³/mol. The minimum Gasteiger partial charge on any atom is -0.396 e. The monoisotopic (exact) mass is 244 g/mol. The number of hydrogen-bond acceptors (Lipinski definition) is 4. The van der Waals surface area contributed by atoms with Crippen LogP contribution in [0.15, 0.2) is 0 Å². The number of morpholine rings is 1. The van der Waals surface area contributed by atoms with E-state index in [0.717, 1.165) is 26.2 Å². The highest BCUT2D eigenvalue weighted by Crippen LogP contribution is 2.09. The zero-order valence-electron chi connectivity index (χ0n) is 11.6. The van der Waals surface area contributed by atoms with Crippen molar-refractivity contribution in [1.29, 1.82) is 0 Å². The fourth-order valence-corrected chi connectivity index (χ4v) is 2.01. The van der Waals surface area contributed by atoms with E-state index in [1.807, 2.05) is 0 Å². The lowest BCUT2D eigenvalue weighted by atomic mass is 10.0. The van der Waals surface area contributed by atoms with E-state index in [0.29, 0.717) is 18.0 Å². The van der Waals surface area contributed by atoms with Gasteiger partial charge >= 0.3 is 0 Å². The molecule has 1 aliphatic rings. The molecule has 3 atom stereocenters. The molecular formula is C13H28N2O2. The van der Waals surface area contributed by atoms with Crippen molar-refractivity contribution in [2.24, 2.45) is 5.92 Å². The van der Waals surface area contributed by atoms with Gasteiger partial charge in [0.15, 0.2) is 0 Å². The van der Waals surface area contributed by atoms with E-state index in [4.69, 9.17) is 9.84 Å².